The van der Waals surface area contributed by atoms with Gasteiger partial charge in [-0.1, -0.05) is 32.4 Å². The van der Waals surface area contributed by atoms with Gasteiger partial charge in [0.05, 0.1) is 34.1 Å². The van der Waals surface area contributed by atoms with Crippen molar-refractivity contribution >= 4 is 17.5 Å². The number of imidazole rings is 1. The summed E-state index contributed by atoms with van der Waals surface area (Å²) in [5.74, 6) is -0.388. The van der Waals surface area contributed by atoms with Gasteiger partial charge in [-0.2, -0.15) is 10.4 Å². The van der Waals surface area contributed by atoms with Gasteiger partial charge >= 0.3 is 5.69 Å². The Hall–Kier alpha value is -3.51. The Morgan fingerprint density at radius 2 is 2.03 bits per heavy atom. The summed E-state index contributed by atoms with van der Waals surface area (Å²) in [6.07, 6.45) is 0.571. The summed E-state index contributed by atoms with van der Waals surface area (Å²) in [6.45, 7) is 8.20. The molecule has 4 heterocycles. The van der Waals surface area contributed by atoms with Crippen LogP contribution in [0.25, 0.3) is 5.69 Å². The Kier molecular flexibility index (Phi) is 4.75. The third kappa shape index (κ3) is 2.95. The minimum absolute atomic E-state index is 0.179. The average molecular weight is 481 g/mol. The quantitative estimate of drug-likeness (QED) is 0.605. The zero-order chi connectivity index (χ0) is 24.7. The van der Waals surface area contributed by atoms with E-state index in [4.69, 9.17) is 11.6 Å². The first kappa shape index (κ1) is 22.3. The van der Waals surface area contributed by atoms with Crippen LogP contribution in [0.15, 0.2) is 23.0 Å². The van der Waals surface area contributed by atoms with Crippen LogP contribution in [0.3, 0.4) is 0 Å². The van der Waals surface area contributed by atoms with Gasteiger partial charge in [0, 0.05) is 19.0 Å². The highest BCUT2D eigenvalue weighted by Gasteiger charge is 2.49. The van der Waals surface area contributed by atoms with Gasteiger partial charge in [0.1, 0.15) is 17.5 Å². The lowest BCUT2D eigenvalue weighted by Crippen LogP contribution is -2.38. The molecule has 1 amide bonds. The maximum absolute atomic E-state index is 13.5. The molecule has 0 radical (unpaired) electrons. The van der Waals surface area contributed by atoms with Crippen molar-refractivity contribution in [3.05, 3.63) is 61.9 Å². The lowest BCUT2D eigenvalue weighted by atomic mass is 9.92. The third-order valence-corrected chi connectivity index (χ3v) is 7.39. The number of carbonyl (C=O) groups excluding carboxylic acids is 1. The molecule has 5 rings (SSSR count). The number of fused-ring (bicyclic) bond motifs is 5. The highest BCUT2D eigenvalue weighted by molar-refractivity contribution is 6.32. The standard InChI is InChI=1S/C24H25ClN6O3/c1-12-15(7-6-13(10-26)19(12)25)31-22(33)20-16-8-14(30(20)23(31)34)11-29(16)21(32)17-9-18(24(2,3)4)27-28(17)5/h6-7,9,14,16,33H,8,11H2,1-5H3/t14-,16?/m1/s1. The maximum Gasteiger partial charge on any atom is 0.336 e. The van der Waals surface area contributed by atoms with Crippen LogP contribution in [0.4, 0.5) is 0 Å². The molecule has 10 heteroatoms. The van der Waals surface area contributed by atoms with Crippen molar-refractivity contribution in [2.24, 2.45) is 7.05 Å². The van der Waals surface area contributed by atoms with Crippen molar-refractivity contribution in [3.63, 3.8) is 0 Å². The molecule has 34 heavy (non-hydrogen) atoms. The van der Waals surface area contributed by atoms with Crippen molar-refractivity contribution in [2.45, 2.75) is 51.6 Å². The molecule has 9 nitrogen and oxygen atoms in total. The number of hydrogen-bond donors (Lipinski definition) is 1. The van der Waals surface area contributed by atoms with Gasteiger partial charge in [-0.3, -0.25) is 14.0 Å². The fraction of sp³-hybridized carbons (Fsp3) is 0.417. The van der Waals surface area contributed by atoms with Gasteiger partial charge in [-0.15, -0.1) is 0 Å². The molecule has 2 atom stereocenters. The topological polar surface area (TPSA) is 109 Å². The second kappa shape index (κ2) is 7.24. The Bertz CT molecular complexity index is 1470. The first-order valence-corrected chi connectivity index (χ1v) is 11.4. The Balaban J connectivity index is 1.56. The molecule has 2 bridgehead atoms. The first-order valence-electron chi connectivity index (χ1n) is 11.1. The number of aromatic hydroxyl groups is 1. The predicted molar refractivity (Wildman–Crippen MR) is 125 cm³/mol. The molecule has 3 aromatic rings. The molecule has 0 saturated carbocycles. The average Bonchev–Trinajstić information content (AvgIpc) is 3.52. The minimum Gasteiger partial charge on any atom is -0.493 e. The van der Waals surface area contributed by atoms with Gasteiger partial charge < -0.3 is 10.0 Å². The Labute approximate surface area is 201 Å². The number of aryl methyl sites for hydroxylation is 1. The summed E-state index contributed by atoms with van der Waals surface area (Å²) >= 11 is 6.31. The van der Waals surface area contributed by atoms with E-state index in [1.807, 2.05) is 32.9 Å². The maximum atomic E-state index is 13.5. The zero-order valence-corrected chi connectivity index (χ0v) is 20.4. The van der Waals surface area contributed by atoms with E-state index in [1.54, 1.807) is 34.2 Å². The number of hydrogen-bond acceptors (Lipinski definition) is 5. The number of aromatic nitrogens is 4. The van der Waals surface area contributed by atoms with Crippen molar-refractivity contribution in [1.82, 2.24) is 23.8 Å². The van der Waals surface area contributed by atoms with Crippen LogP contribution >= 0.6 is 11.6 Å². The summed E-state index contributed by atoms with van der Waals surface area (Å²) in [6, 6.07) is 6.31. The number of amides is 1. The van der Waals surface area contributed by atoms with E-state index in [0.717, 1.165) is 5.69 Å². The van der Waals surface area contributed by atoms with Gasteiger partial charge in [-0.05, 0) is 37.1 Å². The molecular weight excluding hydrogens is 456 g/mol. The van der Waals surface area contributed by atoms with Crippen LogP contribution in [-0.4, -0.2) is 41.4 Å². The predicted octanol–water partition coefficient (Wildman–Crippen LogP) is 3.35. The van der Waals surface area contributed by atoms with E-state index in [2.05, 4.69) is 5.10 Å². The molecule has 0 spiro atoms. The lowest BCUT2D eigenvalue weighted by Gasteiger charge is -2.27. The van der Waals surface area contributed by atoms with Crippen LogP contribution in [-0.2, 0) is 12.5 Å². The lowest BCUT2D eigenvalue weighted by molar-refractivity contribution is 0.0700. The van der Waals surface area contributed by atoms with Crippen LogP contribution in [0, 0.1) is 18.3 Å². The number of nitrogens with zero attached hydrogens (tertiary/aromatic N) is 6. The Morgan fingerprint density at radius 3 is 2.65 bits per heavy atom. The molecule has 2 aliphatic rings. The highest BCUT2D eigenvalue weighted by atomic mass is 35.5. The molecule has 1 aromatic carbocycles. The molecule has 0 aliphatic carbocycles. The third-order valence-electron chi connectivity index (χ3n) is 6.90. The van der Waals surface area contributed by atoms with Crippen LogP contribution < -0.4 is 5.69 Å². The molecule has 1 N–H and O–H groups in total. The second-order valence-electron chi connectivity index (χ2n) is 10.0. The minimum atomic E-state index is -0.423. The van der Waals surface area contributed by atoms with E-state index in [9.17, 15) is 20.0 Å². The zero-order valence-electron chi connectivity index (χ0n) is 19.6. The summed E-state index contributed by atoms with van der Waals surface area (Å²) in [7, 11) is 1.75. The van der Waals surface area contributed by atoms with Crippen LogP contribution in [0.2, 0.25) is 5.02 Å². The van der Waals surface area contributed by atoms with E-state index in [0.29, 0.717) is 41.2 Å². The smallest absolute Gasteiger partial charge is 0.336 e. The SMILES string of the molecule is Cc1c(-n2c(O)c3n(c2=O)[C@@H]2CC3N(C(=O)c3cc(C(C)(C)C)nn3C)C2)ccc(C#N)c1Cl. The van der Waals surface area contributed by atoms with Gasteiger partial charge in [0.2, 0.25) is 5.88 Å². The fourth-order valence-electron chi connectivity index (χ4n) is 5.07. The summed E-state index contributed by atoms with van der Waals surface area (Å²) in [4.78, 5) is 28.5. The molecule has 2 aliphatic heterocycles. The first-order chi connectivity index (χ1) is 16.0. The van der Waals surface area contributed by atoms with Crippen LogP contribution in [0.5, 0.6) is 5.88 Å². The summed E-state index contributed by atoms with van der Waals surface area (Å²) < 4.78 is 4.39. The normalized spacial score (nSPS) is 18.9. The monoisotopic (exact) mass is 480 g/mol. The van der Waals surface area contributed by atoms with E-state index in [-0.39, 0.29) is 34.0 Å². The molecule has 1 unspecified atom stereocenters. The number of rotatable bonds is 2. The fourth-order valence-corrected chi connectivity index (χ4v) is 5.27. The van der Waals surface area contributed by atoms with Crippen molar-refractivity contribution in [2.75, 3.05) is 6.54 Å². The summed E-state index contributed by atoms with van der Waals surface area (Å²) in [5.41, 5.74) is 2.36. The van der Waals surface area contributed by atoms with Crippen molar-refractivity contribution in [3.8, 4) is 17.6 Å². The number of carbonyl (C=O) groups is 1. The van der Waals surface area contributed by atoms with Crippen LogP contribution in [0.1, 0.15) is 72.3 Å². The number of benzene rings is 1. The molecule has 1 saturated heterocycles. The number of nitriles is 1. The van der Waals surface area contributed by atoms with E-state index >= 15 is 0 Å². The van der Waals surface area contributed by atoms with Crippen molar-refractivity contribution in [1.29, 1.82) is 5.26 Å². The van der Waals surface area contributed by atoms with Gasteiger partial charge in [-0.25, -0.2) is 9.36 Å². The number of halogens is 1. The Morgan fingerprint density at radius 1 is 1.32 bits per heavy atom. The summed E-state index contributed by atoms with van der Waals surface area (Å²) in [5, 5.41) is 25.1. The highest BCUT2D eigenvalue weighted by Crippen LogP contribution is 2.49. The van der Waals surface area contributed by atoms with Crippen molar-refractivity contribution < 1.29 is 9.90 Å². The molecule has 176 valence electrons. The number of likely N-dealkylation sites (tertiary alicyclic amines) is 1. The van der Waals surface area contributed by atoms with E-state index in [1.165, 1.54) is 10.6 Å². The molecule has 2 aromatic heterocycles. The second-order valence-corrected chi connectivity index (χ2v) is 10.4. The van der Waals surface area contributed by atoms with E-state index < -0.39 is 6.04 Å². The largest absolute Gasteiger partial charge is 0.493 e. The molecular formula is C24H25ClN6O3. The van der Waals surface area contributed by atoms with Gasteiger partial charge in [0.25, 0.3) is 5.91 Å². The van der Waals surface area contributed by atoms with Gasteiger partial charge in [0.15, 0.2) is 0 Å². The molecule has 1 fully saturated rings.